The SMILES string of the molecule is CCCNC(C)C(C)(C)CN(C)C(C)(C)CC. The Morgan fingerprint density at radius 1 is 1.12 bits per heavy atom. The molecular formula is C15H34N2. The van der Waals surface area contributed by atoms with Gasteiger partial charge in [-0.3, -0.25) is 0 Å². The largest absolute Gasteiger partial charge is 0.314 e. The molecule has 2 heteroatoms. The van der Waals surface area contributed by atoms with Gasteiger partial charge in [0.1, 0.15) is 0 Å². The first-order valence-corrected chi connectivity index (χ1v) is 7.12. The van der Waals surface area contributed by atoms with E-state index >= 15 is 0 Å². The van der Waals surface area contributed by atoms with Gasteiger partial charge in [0.15, 0.2) is 0 Å². The summed E-state index contributed by atoms with van der Waals surface area (Å²) in [5.74, 6) is 0. The average Bonchev–Trinajstić information content (AvgIpc) is 2.24. The molecule has 0 fully saturated rings. The Bertz CT molecular complexity index is 209. The zero-order valence-electron chi connectivity index (χ0n) is 13.4. The molecule has 1 unspecified atom stereocenters. The zero-order valence-corrected chi connectivity index (χ0v) is 13.4. The fourth-order valence-electron chi connectivity index (χ4n) is 1.87. The topological polar surface area (TPSA) is 15.3 Å². The Labute approximate surface area is 109 Å². The summed E-state index contributed by atoms with van der Waals surface area (Å²) >= 11 is 0. The Hall–Kier alpha value is -0.0800. The fourth-order valence-corrected chi connectivity index (χ4v) is 1.87. The summed E-state index contributed by atoms with van der Waals surface area (Å²) in [5.41, 5.74) is 0.595. The molecule has 0 heterocycles. The maximum atomic E-state index is 3.62. The Morgan fingerprint density at radius 2 is 1.65 bits per heavy atom. The van der Waals surface area contributed by atoms with E-state index in [4.69, 9.17) is 0 Å². The van der Waals surface area contributed by atoms with Crippen LogP contribution in [0, 0.1) is 5.41 Å². The third kappa shape index (κ3) is 5.39. The van der Waals surface area contributed by atoms with Gasteiger partial charge in [-0.2, -0.15) is 0 Å². The second-order valence-electron chi connectivity index (χ2n) is 6.69. The molecule has 2 nitrogen and oxygen atoms in total. The number of nitrogens with zero attached hydrogens (tertiary/aromatic N) is 1. The van der Waals surface area contributed by atoms with Crippen LogP contribution in [0.4, 0.5) is 0 Å². The minimum absolute atomic E-state index is 0.293. The first-order valence-electron chi connectivity index (χ1n) is 7.12. The zero-order chi connectivity index (χ0) is 13.7. The Kier molecular flexibility index (Phi) is 6.71. The second kappa shape index (κ2) is 6.75. The van der Waals surface area contributed by atoms with Gasteiger partial charge in [-0.1, -0.05) is 27.7 Å². The minimum Gasteiger partial charge on any atom is -0.314 e. The van der Waals surface area contributed by atoms with Gasteiger partial charge in [-0.15, -0.1) is 0 Å². The highest BCUT2D eigenvalue weighted by molar-refractivity contribution is 4.87. The summed E-state index contributed by atoms with van der Waals surface area (Å²) in [4.78, 5) is 2.50. The average molecular weight is 242 g/mol. The lowest BCUT2D eigenvalue weighted by Gasteiger charge is -2.42. The van der Waals surface area contributed by atoms with E-state index in [1.165, 1.54) is 12.8 Å². The van der Waals surface area contributed by atoms with Crippen molar-refractivity contribution in [3.8, 4) is 0 Å². The molecule has 0 aromatic carbocycles. The van der Waals surface area contributed by atoms with Gasteiger partial charge in [-0.05, 0) is 52.6 Å². The van der Waals surface area contributed by atoms with Crippen LogP contribution in [0.15, 0.2) is 0 Å². The molecule has 0 saturated carbocycles. The molecule has 104 valence electrons. The number of hydrogen-bond donors (Lipinski definition) is 1. The predicted molar refractivity (Wildman–Crippen MR) is 78.5 cm³/mol. The molecule has 0 aliphatic heterocycles. The molecule has 0 bridgehead atoms. The smallest absolute Gasteiger partial charge is 0.0147 e. The van der Waals surface area contributed by atoms with E-state index in [9.17, 15) is 0 Å². The van der Waals surface area contributed by atoms with Crippen molar-refractivity contribution >= 4 is 0 Å². The van der Waals surface area contributed by atoms with Crippen LogP contribution in [0.3, 0.4) is 0 Å². The number of nitrogens with one attached hydrogen (secondary N) is 1. The van der Waals surface area contributed by atoms with Crippen molar-refractivity contribution in [1.82, 2.24) is 10.2 Å². The van der Waals surface area contributed by atoms with E-state index in [1.807, 2.05) is 0 Å². The van der Waals surface area contributed by atoms with Crippen LogP contribution in [-0.4, -0.2) is 36.6 Å². The van der Waals surface area contributed by atoms with Crippen LogP contribution in [-0.2, 0) is 0 Å². The highest BCUT2D eigenvalue weighted by Crippen LogP contribution is 2.26. The van der Waals surface area contributed by atoms with E-state index in [-0.39, 0.29) is 0 Å². The van der Waals surface area contributed by atoms with Gasteiger partial charge >= 0.3 is 0 Å². The van der Waals surface area contributed by atoms with Gasteiger partial charge in [0.2, 0.25) is 0 Å². The van der Waals surface area contributed by atoms with Gasteiger partial charge in [0, 0.05) is 18.1 Å². The molecule has 0 rings (SSSR count). The molecule has 0 spiro atoms. The number of rotatable bonds is 8. The molecule has 0 aliphatic carbocycles. The van der Waals surface area contributed by atoms with Crippen molar-refractivity contribution in [2.75, 3.05) is 20.1 Å². The normalized spacial score (nSPS) is 15.4. The molecule has 0 amide bonds. The van der Waals surface area contributed by atoms with Crippen LogP contribution in [0.1, 0.15) is 61.3 Å². The maximum Gasteiger partial charge on any atom is 0.0147 e. The lowest BCUT2D eigenvalue weighted by molar-refractivity contribution is 0.0807. The first kappa shape index (κ1) is 16.9. The monoisotopic (exact) mass is 242 g/mol. The van der Waals surface area contributed by atoms with Crippen LogP contribution in [0.5, 0.6) is 0 Å². The summed E-state index contributed by atoms with van der Waals surface area (Å²) in [5, 5.41) is 3.62. The van der Waals surface area contributed by atoms with Crippen LogP contribution in [0.2, 0.25) is 0 Å². The second-order valence-corrected chi connectivity index (χ2v) is 6.69. The van der Waals surface area contributed by atoms with Gasteiger partial charge in [-0.25, -0.2) is 0 Å². The van der Waals surface area contributed by atoms with Crippen LogP contribution >= 0.6 is 0 Å². The van der Waals surface area contributed by atoms with Crippen LogP contribution < -0.4 is 5.32 Å². The molecular weight excluding hydrogens is 208 g/mol. The van der Waals surface area contributed by atoms with Gasteiger partial charge in [0.25, 0.3) is 0 Å². The summed E-state index contributed by atoms with van der Waals surface area (Å²) in [6.07, 6.45) is 2.40. The van der Waals surface area contributed by atoms with Crippen molar-refractivity contribution in [3.63, 3.8) is 0 Å². The van der Waals surface area contributed by atoms with E-state index in [2.05, 4.69) is 65.7 Å². The molecule has 0 aliphatic rings. The quantitative estimate of drug-likeness (QED) is 0.700. The van der Waals surface area contributed by atoms with Crippen molar-refractivity contribution in [2.45, 2.75) is 72.9 Å². The highest BCUT2D eigenvalue weighted by Gasteiger charge is 2.31. The third-order valence-electron chi connectivity index (χ3n) is 4.42. The van der Waals surface area contributed by atoms with Crippen LogP contribution in [0.25, 0.3) is 0 Å². The molecule has 1 N–H and O–H groups in total. The van der Waals surface area contributed by atoms with Crippen molar-refractivity contribution in [3.05, 3.63) is 0 Å². The van der Waals surface area contributed by atoms with E-state index in [0.717, 1.165) is 13.1 Å². The summed E-state index contributed by atoms with van der Waals surface area (Å²) in [7, 11) is 2.25. The summed E-state index contributed by atoms with van der Waals surface area (Å²) < 4.78 is 0. The minimum atomic E-state index is 0.293. The Balaban J connectivity index is 4.42. The fraction of sp³-hybridized carbons (Fsp3) is 1.00. The molecule has 0 aromatic rings. The van der Waals surface area contributed by atoms with Crippen molar-refractivity contribution in [2.24, 2.45) is 5.41 Å². The lowest BCUT2D eigenvalue weighted by Crippen LogP contribution is -2.51. The van der Waals surface area contributed by atoms with Gasteiger partial charge in [0.05, 0.1) is 0 Å². The molecule has 0 aromatic heterocycles. The van der Waals surface area contributed by atoms with E-state index in [0.29, 0.717) is 17.0 Å². The highest BCUT2D eigenvalue weighted by atomic mass is 15.2. The van der Waals surface area contributed by atoms with Crippen molar-refractivity contribution < 1.29 is 0 Å². The molecule has 1 atom stereocenters. The maximum absolute atomic E-state index is 3.62. The summed E-state index contributed by atoms with van der Waals surface area (Å²) in [6, 6.07) is 0.553. The first-order chi connectivity index (χ1) is 7.67. The predicted octanol–water partition coefficient (Wildman–Crippen LogP) is 3.52. The third-order valence-corrected chi connectivity index (χ3v) is 4.42. The molecule has 17 heavy (non-hydrogen) atoms. The van der Waals surface area contributed by atoms with E-state index < -0.39 is 0 Å². The molecule has 0 saturated heterocycles. The van der Waals surface area contributed by atoms with Gasteiger partial charge < -0.3 is 10.2 Å². The lowest BCUT2D eigenvalue weighted by atomic mass is 9.83. The standard InChI is InChI=1S/C15H34N2/c1-9-11-16-13(3)14(4,5)12-17(8)15(6,7)10-2/h13,16H,9-12H2,1-8H3. The van der Waals surface area contributed by atoms with E-state index in [1.54, 1.807) is 0 Å². The molecule has 0 radical (unpaired) electrons. The number of hydrogen-bond acceptors (Lipinski definition) is 2. The van der Waals surface area contributed by atoms with Crippen molar-refractivity contribution in [1.29, 1.82) is 0 Å². The Morgan fingerprint density at radius 3 is 2.06 bits per heavy atom. The summed E-state index contributed by atoms with van der Waals surface area (Å²) in [6.45, 7) is 18.4.